The molecular weight excluding hydrogens is 314 g/mol. The number of hydrogen-bond acceptors (Lipinski definition) is 4. The topological polar surface area (TPSA) is 72.5 Å². The van der Waals surface area contributed by atoms with E-state index in [2.05, 4.69) is 5.32 Å². The SMILES string of the molecule is COc1ccc(NC(=O)CCCS(=O)(=O)c2ccccc2)cc1. The van der Waals surface area contributed by atoms with Crippen LogP contribution in [-0.2, 0) is 14.6 Å². The second kappa shape index (κ2) is 7.78. The van der Waals surface area contributed by atoms with E-state index in [0.29, 0.717) is 11.4 Å². The van der Waals surface area contributed by atoms with Gasteiger partial charge in [0, 0.05) is 12.1 Å². The highest BCUT2D eigenvalue weighted by Gasteiger charge is 2.14. The highest BCUT2D eigenvalue weighted by Crippen LogP contribution is 2.16. The summed E-state index contributed by atoms with van der Waals surface area (Å²) in [6.07, 6.45) is 0.428. The molecule has 0 atom stereocenters. The lowest BCUT2D eigenvalue weighted by Crippen LogP contribution is -2.14. The summed E-state index contributed by atoms with van der Waals surface area (Å²) in [5.41, 5.74) is 0.654. The smallest absolute Gasteiger partial charge is 0.224 e. The van der Waals surface area contributed by atoms with Gasteiger partial charge in [-0.15, -0.1) is 0 Å². The summed E-state index contributed by atoms with van der Waals surface area (Å²) in [5.74, 6) is 0.447. The van der Waals surface area contributed by atoms with Crippen molar-refractivity contribution in [1.29, 1.82) is 0 Å². The minimum atomic E-state index is -3.33. The number of anilines is 1. The zero-order valence-electron chi connectivity index (χ0n) is 12.9. The monoisotopic (exact) mass is 333 g/mol. The second-order valence-electron chi connectivity index (χ2n) is 5.01. The molecule has 1 N–H and O–H groups in total. The molecule has 0 aliphatic carbocycles. The molecule has 0 bridgehead atoms. The number of rotatable bonds is 7. The average Bonchev–Trinajstić information content (AvgIpc) is 2.56. The third kappa shape index (κ3) is 5.10. The minimum absolute atomic E-state index is 0.0486. The van der Waals surface area contributed by atoms with Crippen LogP contribution in [-0.4, -0.2) is 27.2 Å². The number of methoxy groups -OCH3 is 1. The van der Waals surface area contributed by atoms with Crippen molar-refractivity contribution < 1.29 is 17.9 Å². The first-order chi connectivity index (χ1) is 11.0. The molecule has 2 aromatic rings. The first-order valence-corrected chi connectivity index (χ1v) is 8.88. The molecule has 5 nitrogen and oxygen atoms in total. The van der Waals surface area contributed by atoms with Crippen molar-refractivity contribution in [2.24, 2.45) is 0 Å². The Balaban J connectivity index is 1.82. The molecule has 0 saturated carbocycles. The molecule has 0 aromatic heterocycles. The van der Waals surface area contributed by atoms with Crippen LogP contribution < -0.4 is 10.1 Å². The number of ether oxygens (including phenoxy) is 1. The highest BCUT2D eigenvalue weighted by molar-refractivity contribution is 7.91. The summed E-state index contributed by atoms with van der Waals surface area (Å²) in [6, 6.07) is 15.2. The summed E-state index contributed by atoms with van der Waals surface area (Å²) in [7, 11) is -1.76. The highest BCUT2D eigenvalue weighted by atomic mass is 32.2. The van der Waals surface area contributed by atoms with Gasteiger partial charge in [-0.05, 0) is 42.8 Å². The number of carbonyl (C=O) groups is 1. The first kappa shape index (κ1) is 17.0. The largest absolute Gasteiger partial charge is 0.497 e. The molecule has 0 aliphatic rings. The van der Waals surface area contributed by atoms with Gasteiger partial charge in [-0.3, -0.25) is 4.79 Å². The molecule has 2 rings (SSSR count). The van der Waals surface area contributed by atoms with Gasteiger partial charge in [-0.1, -0.05) is 18.2 Å². The minimum Gasteiger partial charge on any atom is -0.497 e. The van der Waals surface area contributed by atoms with E-state index in [1.807, 2.05) is 0 Å². The number of nitrogens with one attached hydrogen (secondary N) is 1. The number of benzene rings is 2. The number of amides is 1. The van der Waals surface area contributed by atoms with Crippen LogP contribution in [0.1, 0.15) is 12.8 Å². The van der Waals surface area contributed by atoms with E-state index in [9.17, 15) is 13.2 Å². The van der Waals surface area contributed by atoms with Gasteiger partial charge in [0.05, 0.1) is 17.8 Å². The summed E-state index contributed by atoms with van der Waals surface area (Å²) in [5, 5.41) is 2.73. The molecule has 122 valence electrons. The van der Waals surface area contributed by atoms with E-state index in [4.69, 9.17) is 4.74 Å². The van der Waals surface area contributed by atoms with Crippen molar-refractivity contribution in [2.75, 3.05) is 18.2 Å². The van der Waals surface area contributed by atoms with Crippen molar-refractivity contribution in [2.45, 2.75) is 17.7 Å². The van der Waals surface area contributed by atoms with E-state index in [1.165, 1.54) is 0 Å². The Morgan fingerprint density at radius 1 is 1.04 bits per heavy atom. The number of hydrogen-bond donors (Lipinski definition) is 1. The number of sulfone groups is 1. The lowest BCUT2D eigenvalue weighted by Gasteiger charge is -2.07. The summed E-state index contributed by atoms with van der Waals surface area (Å²) >= 11 is 0. The van der Waals surface area contributed by atoms with Gasteiger partial charge in [0.2, 0.25) is 5.91 Å². The molecule has 23 heavy (non-hydrogen) atoms. The van der Waals surface area contributed by atoms with Crippen molar-refractivity contribution in [3.8, 4) is 5.75 Å². The molecule has 1 amide bonds. The lowest BCUT2D eigenvalue weighted by atomic mass is 10.2. The molecule has 0 saturated heterocycles. The van der Waals surface area contributed by atoms with Crippen LogP contribution in [0, 0.1) is 0 Å². The van der Waals surface area contributed by atoms with Crippen LogP contribution in [0.25, 0.3) is 0 Å². The average molecular weight is 333 g/mol. The zero-order chi connectivity index (χ0) is 16.7. The summed E-state index contributed by atoms with van der Waals surface area (Å²) in [6.45, 7) is 0. The van der Waals surface area contributed by atoms with Crippen LogP contribution in [0.15, 0.2) is 59.5 Å². The third-order valence-electron chi connectivity index (χ3n) is 3.29. The van der Waals surface area contributed by atoms with Crippen molar-refractivity contribution >= 4 is 21.4 Å². The van der Waals surface area contributed by atoms with E-state index in [1.54, 1.807) is 61.7 Å². The Morgan fingerprint density at radius 2 is 1.70 bits per heavy atom. The second-order valence-corrected chi connectivity index (χ2v) is 7.12. The van der Waals surface area contributed by atoms with Gasteiger partial charge in [0.15, 0.2) is 9.84 Å². The molecule has 6 heteroatoms. The van der Waals surface area contributed by atoms with Crippen molar-refractivity contribution in [1.82, 2.24) is 0 Å². The van der Waals surface area contributed by atoms with Crippen molar-refractivity contribution in [3.05, 3.63) is 54.6 Å². The quantitative estimate of drug-likeness (QED) is 0.845. The molecule has 0 spiro atoms. The third-order valence-corrected chi connectivity index (χ3v) is 5.11. The van der Waals surface area contributed by atoms with Crippen LogP contribution in [0.2, 0.25) is 0 Å². The molecule has 2 aromatic carbocycles. The van der Waals surface area contributed by atoms with Crippen LogP contribution in [0.4, 0.5) is 5.69 Å². The van der Waals surface area contributed by atoms with Gasteiger partial charge in [-0.25, -0.2) is 8.42 Å². The summed E-state index contributed by atoms with van der Waals surface area (Å²) < 4.78 is 29.2. The Labute approximate surface area is 136 Å². The fraction of sp³-hybridized carbons (Fsp3) is 0.235. The Hall–Kier alpha value is -2.34. The van der Waals surface area contributed by atoms with Crippen LogP contribution in [0.3, 0.4) is 0 Å². The maximum atomic E-state index is 12.1. The van der Waals surface area contributed by atoms with E-state index in [-0.39, 0.29) is 29.4 Å². The maximum absolute atomic E-state index is 12.1. The Bertz CT molecular complexity index is 740. The van der Waals surface area contributed by atoms with E-state index < -0.39 is 9.84 Å². The fourth-order valence-electron chi connectivity index (χ4n) is 2.07. The Morgan fingerprint density at radius 3 is 2.30 bits per heavy atom. The molecular formula is C17H19NO4S. The van der Waals surface area contributed by atoms with Crippen LogP contribution in [0.5, 0.6) is 5.75 Å². The fourth-order valence-corrected chi connectivity index (χ4v) is 3.40. The van der Waals surface area contributed by atoms with Crippen LogP contribution >= 0.6 is 0 Å². The Kier molecular flexibility index (Phi) is 5.76. The predicted molar refractivity (Wildman–Crippen MR) is 89.4 cm³/mol. The first-order valence-electron chi connectivity index (χ1n) is 7.23. The van der Waals surface area contributed by atoms with Gasteiger partial charge in [-0.2, -0.15) is 0 Å². The molecule has 0 unspecified atom stereocenters. The van der Waals surface area contributed by atoms with Gasteiger partial charge in [0.25, 0.3) is 0 Å². The molecule has 0 heterocycles. The normalized spacial score (nSPS) is 11.0. The number of carbonyl (C=O) groups excluding carboxylic acids is 1. The summed E-state index contributed by atoms with van der Waals surface area (Å²) in [4.78, 5) is 12.1. The van der Waals surface area contributed by atoms with Gasteiger partial charge in [0.1, 0.15) is 5.75 Å². The van der Waals surface area contributed by atoms with Gasteiger partial charge < -0.3 is 10.1 Å². The van der Waals surface area contributed by atoms with Crippen molar-refractivity contribution in [3.63, 3.8) is 0 Å². The molecule has 0 fully saturated rings. The van der Waals surface area contributed by atoms with E-state index >= 15 is 0 Å². The van der Waals surface area contributed by atoms with Gasteiger partial charge >= 0.3 is 0 Å². The lowest BCUT2D eigenvalue weighted by molar-refractivity contribution is -0.116. The maximum Gasteiger partial charge on any atom is 0.224 e. The standard InChI is InChI=1S/C17H19NO4S/c1-22-15-11-9-14(10-12-15)18-17(19)8-5-13-23(20,21)16-6-3-2-4-7-16/h2-4,6-7,9-12H,5,8,13H2,1H3,(H,18,19). The molecule has 0 aliphatic heterocycles. The zero-order valence-corrected chi connectivity index (χ0v) is 13.7. The van der Waals surface area contributed by atoms with E-state index in [0.717, 1.165) is 0 Å². The molecule has 0 radical (unpaired) electrons. The predicted octanol–water partition coefficient (Wildman–Crippen LogP) is 2.89.